The van der Waals surface area contributed by atoms with Gasteiger partial charge in [0, 0.05) is 5.56 Å². The van der Waals surface area contributed by atoms with Crippen molar-refractivity contribution in [3.8, 4) is 17.0 Å². The Kier molecular flexibility index (Phi) is 3.64. The number of hydrogen-bond donors (Lipinski definition) is 1. The minimum Gasteiger partial charge on any atom is -0.488 e. The molecule has 2 N–H and O–H groups in total. The molecule has 0 bridgehead atoms. The molecule has 0 aliphatic heterocycles. The van der Waals surface area contributed by atoms with Gasteiger partial charge in [0.15, 0.2) is 11.6 Å². The van der Waals surface area contributed by atoms with Crippen LogP contribution >= 0.6 is 0 Å². The first kappa shape index (κ1) is 13.3. The molecule has 0 radical (unpaired) electrons. The molecule has 0 unspecified atom stereocenters. The lowest BCUT2D eigenvalue weighted by Gasteiger charge is -2.11. The van der Waals surface area contributed by atoms with Gasteiger partial charge in [-0.3, -0.25) is 0 Å². The number of aryl methyl sites for hydroxylation is 1. The Hall–Kier alpha value is -2.17. The number of aromatic nitrogens is 2. The highest BCUT2D eigenvalue weighted by Gasteiger charge is 2.09. The fraction of sp³-hybridized carbons (Fsp3) is 0.286. The van der Waals surface area contributed by atoms with Gasteiger partial charge in [-0.1, -0.05) is 0 Å². The number of nitrogens with zero attached hydrogens (tertiary/aromatic N) is 2. The molecular weight excluding hydrogens is 245 g/mol. The molecule has 2 aromatic rings. The van der Waals surface area contributed by atoms with E-state index in [1.807, 2.05) is 13.8 Å². The van der Waals surface area contributed by atoms with Crippen LogP contribution in [0.4, 0.5) is 10.2 Å². The molecule has 100 valence electrons. The molecule has 0 saturated carbocycles. The summed E-state index contributed by atoms with van der Waals surface area (Å²) < 4.78 is 19.2. The van der Waals surface area contributed by atoms with Crippen LogP contribution in [0.1, 0.15) is 19.5 Å². The lowest BCUT2D eigenvalue weighted by atomic mass is 10.1. The number of rotatable bonds is 3. The number of ether oxygens (including phenoxy) is 1. The summed E-state index contributed by atoms with van der Waals surface area (Å²) >= 11 is 0. The van der Waals surface area contributed by atoms with Gasteiger partial charge in [-0.15, -0.1) is 0 Å². The first-order valence-electron chi connectivity index (χ1n) is 6.03. The van der Waals surface area contributed by atoms with E-state index in [2.05, 4.69) is 9.97 Å². The Bertz CT molecular complexity index is 599. The summed E-state index contributed by atoms with van der Waals surface area (Å²) in [6.07, 6.45) is 1.46. The summed E-state index contributed by atoms with van der Waals surface area (Å²) in [4.78, 5) is 8.30. The van der Waals surface area contributed by atoms with Crippen molar-refractivity contribution >= 4 is 5.82 Å². The Morgan fingerprint density at radius 1 is 1.32 bits per heavy atom. The average Bonchev–Trinajstić information content (AvgIpc) is 2.35. The lowest BCUT2D eigenvalue weighted by Crippen LogP contribution is -2.07. The van der Waals surface area contributed by atoms with E-state index in [0.717, 1.165) is 0 Å². The third kappa shape index (κ3) is 2.99. The van der Waals surface area contributed by atoms with Crippen molar-refractivity contribution < 1.29 is 9.13 Å². The number of anilines is 1. The number of halogens is 1. The molecule has 0 spiro atoms. The predicted molar refractivity (Wildman–Crippen MR) is 72.3 cm³/mol. The molecule has 0 aliphatic carbocycles. The maximum absolute atomic E-state index is 13.9. The largest absolute Gasteiger partial charge is 0.488 e. The quantitative estimate of drug-likeness (QED) is 0.922. The molecule has 0 saturated heterocycles. The van der Waals surface area contributed by atoms with Crippen LogP contribution in [-0.4, -0.2) is 16.1 Å². The van der Waals surface area contributed by atoms with Gasteiger partial charge in [0.05, 0.1) is 23.7 Å². The summed E-state index contributed by atoms with van der Waals surface area (Å²) in [5, 5.41) is 0. The van der Waals surface area contributed by atoms with Gasteiger partial charge in [0.1, 0.15) is 5.82 Å². The van der Waals surface area contributed by atoms with E-state index in [1.165, 1.54) is 12.3 Å². The maximum Gasteiger partial charge on any atom is 0.165 e. The van der Waals surface area contributed by atoms with E-state index < -0.39 is 5.82 Å². The van der Waals surface area contributed by atoms with E-state index in [1.54, 1.807) is 19.1 Å². The molecule has 1 aromatic heterocycles. The number of benzene rings is 1. The summed E-state index contributed by atoms with van der Waals surface area (Å²) in [7, 11) is 0. The lowest BCUT2D eigenvalue weighted by molar-refractivity contribution is 0.231. The monoisotopic (exact) mass is 261 g/mol. The fourth-order valence-corrected chi connectivity index (χ4v) is 1.64. The number of hydrogen-bond acceptors (Lipinski definition) is 4. The van der Waals surface area contributed by atoms with Crippen molar-refractivity contribution in [2.75, 3.05) is 5.73 Å². The van der Waals surface area contributed by atoms with Crippen molar-refractivity contribution in [1.82, 2.24) is 9.97 Å². The van der Waals surface area contributed by atoms with E-state index in [0.29, 0.717) is 22.8 Å². The third-order valence-electron chi connectivity index (χ3n) is 2.58. The van der Waals surface area contributed by atoms with Crippen LogP contribution in [0.5, 0.6) is 5.75 Å². The summed E-state index contributed by atoms with van der Waals surface area (Å²) in [6.45, 7) is 5.46. The molecular formula is C14H16FN3O. The van der Waals surface area contributed by atoms with Crippen LogP contribution in [0.2, 0.25) is 0 Å². The van der Waals surface area contributed by atoms with E-state index >= 15 is 0 Å². The third-order valence-corrected chi connectivity index (χ3v) is 2.58. The van der Waals surface area contributed by atoms with Crippen molar-refractivity contribution in [2.45, 2.75) is 26.9 Å². The Labute approximate surface area is 111 Å². The molecule has 0 fully saturated rings. The van der Waals surface area contributed by atoms with Gasteiger partial charge >= 0.3 is 0 Å². The van der Waals surface area contributed by atoms with Crippen molar-refractivity contribution in [3.05, 3.63) is 35.9 Å². The molecule has 0 atom stereocenters. The highest BCUT2D eigenvalue weighted by molar-refractivity contribution is 5.60. The van der Waals surface area contributed by atoms with Crippen LogP contribution in [0.25, 0.3) is 11.3 Å². The normalized spacial score (nSPS) is 10.8. The second-order valence-corrected chi connectivity index (χ2v) is 4.54. The van der Waals surface area contributed by atoms with Gasteiger partial charge < -0.3 is 10.5 Å². The zero-order valence-electron chi connectivity index (χ0n) is 11.1. The number of nitrogen functional groups attached to an aromatic ring is 1. The van der Waals surface area contributed by atoms with Gasteiger partial charge in [0.2, 0.25) is 0 Å². The van der Waals surface area contributed by atoms with E-state index in [9.17, 15) is 4.39 Å². The Morgan fingerprint density at radius 3 is 2.63 bits per heavy atom. The first-order valence-corrected chi connectivity index (χ1v) is 6.03. The van der Waals surface area contributed by atoms with Crippen LogP contribution in [0, 0.1) is 12.7 Å². The molecule has 1 heterocycles. The minimum absolute atomic E-state index is 0.0705. The maximum atomic E-state index is 13.9. The summed E-state index contributed by atoms with van der Waals surface area (Å²) in [5.74, 6) is 0.199. The van der Waals surface area contributed by atoms with E-state index in [-0.39, 0.29) is 11.9 Å². The van der Waals surface area contributed by atoms with Gasteiger partial charge in [-0.2, -0.15) is 0 Å². The SMILES string of the molecule is Cc1nc(-c2ccc(OC(C)C)c(F)c2)cnc1N. The molecule has 5 heteroatoms. The Morgan fingerprint density at radius 2 is 2.05 bits per heavy atom. The average molecular weight is 261 g/mol. The second-order valence-electron chi connectivity index (χ2n) is 4.54. The number of nitrogens with two attached hydrogens (primary N) is 1. The smallest absolute Gasteiger partial charge is 0.165 e. The van der Waals surface area contributed by atoms with Crippen molar-refractivity contribution in [2.24, 2.45) is 0 Å². The van der Waals surface area contributed by atoms with E-state index in [4.69, 9.17) is 10.5 Å². The molecule has 0 aliphatic rings. The Balaban J connectivity index is 2.36. The topological polar surface area (TPSA) is 61.0 Å². The van der Waals surface area contributed by atoms with Gasteiger partial charge in [-0.25, -0.2) is 14.4 Å². The molecule has 19 heavy (non-hydrogen) atoms. The predicted octanol–water partition coefficient (Wildman–Crippen LogP) is 2.96. The fourth-order valence-electron chi connectivity index (χ4n) is 1.64. The molecule has 1 aromatic carbocycles. The zero-order chi connectivity index (χ0) is 14.0. The second kappa shape index (κ2) is 5.22. The molecule has 4 nitrogen and oxygen atoms in total. The van der Waals surface area contributed by atoms with Crippen LogP contribution in [-0.2, 0) is 0 Å². The highest BCUT2D eigenvalue weighted by atomic mass is 19.1. The van der Waals surface area contributed by atoms with Crippen LogP contribution < -0.4 is 10.5 Å². The van der Waals surface area contributed by atoms with Crippen LogP contribution in [0.3, 0.4) is 0 Å². The molecule has 0 amide bonds. The summed E-state index contributed by atoms with van der Waals surface area (Å²) in [5.41, 5.74) is 7.46. The molecule has 2 rings (SSSR count). The summed E-state index contributed by atoms with van der Waals surface area (Å²) in [6, 6.07) is 4.73. The van der Waals surface area contributed by atoms with Crippen LogP contribution in [0.15, 0.2) is 24.4 Å². The first-order chi connectivity index (χ1) is 8.97. The van der Waals surface area contributed by atoms with Gasteiger partial charge in [-0.05, 0) is 39.0 Å². The standard InChI is InChI=1S/C14H16FN3O/c1-8(2)19-13-5-4-10(6-11(13)15)12-7-17-14(16)9(3)18-12/h4-8H,1-3H3,(H2,16,17). The van der Waals surface area contributed by atoms with Crippen molar-refractivity contribution in [3.63, 3.8) is 0 Å². The van der Waals surface area contributed by atoms with Crippen molar-refractivity contribution in [1.29, 1.82) is 0 Å². The van der Waals surface area contributed by atoms with Gasteiger partial charge in [0.25, 0.3) is 0 Å². The highest BCUT2D eigenvalue weighted by Crippen LogP contribution is 2.25. The zero-order valence-corrected chi connectivity index (χ0v) is 11.1. The minimum atomic E-state index is -0.414.